The number of esters is 2. The molecule has 0 rings (SSSR count). The van der Waals surface area contributed by atoms with Crippen LogP contribution in [-0.2, 0) is 19.1 Å². The molecule has 0 unspecified atom stereocenters. The summed E-state index contributed by atoms with van der Waals surface area (Å²) in [6.07, 6.45) is -0.869. The van der Waals surface area contributed by atoms with E-state index in [1.165, 1.54) is 0 Å². The quantitative estimate of drug-likeness (QED) is 0.108. The van der Waals surface area contributed by atoms with Crippen molar-refractivity contribution in [2.75, 3.05) is 19.1 Å². The molecular weight excluding hydrogens is 468 g/mol. The van der Waals surface area contributed by atoms with E-state index in [-0.39, 0.29) is 19.4 Å². The van der Waals surface area contributed by atoms with Gasteiger partial charge in [0.15, 0.2) is 6.61 Å². The lowest BCUT2D eigenvalue weighted by Crippen LogP contribution is -2.59. The first-order chi connectivity index (χ1) is 14.3. The van der Waals surface area contributed by atoms with Crippen LogP contribution in [0.4, 0.5) is 35.1 Å². The van der Waals surface area contributed by atoms with Crippen LogP contribution in [-0.4, -0.2) is 55.2 Å². The fourth-order valence-corrected chi connectivity index (χ4v) is 2.44. The monoisotopic (exact) mass is 492 g/mol. The van der Waals surface area contributed by atoms with Gasteiger partial charge < -0.3 is 9.47 Å². The van der Waals surface area contributed by atoms with Crippen molar-refractivity contribution in [3.63, 3.8) is 0 Å². The zero-order valence-corrected chi connectivity index (χ0v) is 17.4. The first-order valence-electron chi connectivity index (χ1n) is 9.58. The van der Waals surface area contributed by atoms with Crippen LogP contribution in [0.5, 0.6) is 0 Å². The van der Waals surface area contributed by atoms with Gasteiger partial charge in [-0.2, -0.15) is 26.3 Å². The number of hydrogen-bond acceptors (Lipinski definition) is 4. The zero-order valence-electron chi connectivity index (χ0n) is 16.6. The molecule has 0 aromatic carbocycles. The van der Waals surface area contributed by atoms with Crippen LogP contribution in [0, 0.1) is 0 Å². The van der Waals surface area contributed by atoms with Crippen molar-refractivity contribution in [3.8, 4) is 0 Å². The maximum atomic E-state index is 13.2. The molecule has 0 saturated carbocycles. The molecule has 0 aliphatic carbocycles. The summed E-state index contributed by atoms with van der Waals surface area (Å²) in [6, 6.07) is 0. The Morgan fingerprint density at radius 2 is 1.23 bits per heavy atom. The number of carbonyl (C=O) groups is 2. The maximum absolute atomic E-state index is 13.2. The standard InChI is InChI=1S/C18H25ClF8O4/c19-10-5-3-1-2-4-6-11-30-13(28)8-7-9-14(29)31-12-16(22,23)18(26,27)17(24,25)15(20)21/h15H,1-12H2. The van der Waals surface area contributed by atoms with Crippen LogP contribution >= 0.6 is 11.6 Å². The fraction of sp³-hybridized carbons (Fsp3) is 0.889. The molecule has 0 aliphatic heterocycles. The van der Waals surface area contributed by atoms with Gasteiger partial charge in [0.1, 0.15) is 0 Å². The third kappa shape index (κ3) is 10.2. The Morgan fingerprint density at radius 1 is 0.742 bits per heavy atom. The SMILES string of the molecule is O=C(CCCC(=O)OCC(F)(F)C(F)(F)C(F)(F)C(F)F)OCCCCCCCCCl. The number of rotatable bonds is 17. The average Bonchev–Trinajstić information content (AvgIpc) is 2.68. The topological polar surface area (TPSA) is 52.6 Å². The second-order valence-electron chi connectivity index (χ2n) is 6.75. The lowest BCUT2D eigenvalue weighted by Gasteiger charge is -2.31. The highest BCUT2D eigenvalue weighted by Gasteiger charge is 2.75. The Bertz CT molecular complexity index is 547. The Balaban J connectivity index is 4.10. The number of ether oxygens (including phenoxy) is 2. The molecule has 0 aliphatic rings. The number of hydrogen-bond donors (Lipinski definition) is 0. The van der Waals surface area contributed by atoms with Gasteiger partial charge in [-0.3, -0.25) is 9.59 Å². The summed E-state index contributed by atoms with van der Waals surface area (Å²) in [5, 5.41) is 0. The highest BCUT2D eigenvalue weighted by Crippen LogP contribution is 2.48. The van der Waals surface area contributed by atoms with Crippen molar-refractivity contribution in [2.24, 2.45) is 0 Å². The Kier molecular flexibility index (Phi) is 13.3. The van der Waals surface area contributed by atoms with Crippen LogP contribution in [0.25, 0.3) is 0 Å². The minimum absolute atomic E-state index is 0.151. The van der Waals surface area contributed by atoms with Crippen LogP contribution < -0.4 is 0 Å². The number of carbonyl (C=O) groups excluding carboxylic acids is 2. The van der Waals surface area contributed by atoms with Crippen LogP contribution in [0.1, 0.15) is 57.8 Å². The molecule has 0 atom stereocenters. The molecule has 0 heterocycles. The number of unbranched alkanes of at least 4 members (excludes halogenated alkanes) is 5. The molecule has 0 amide bonds. The number of alkyl halides is 9. The summed E-state index contributed by atoms with van der Waals surface area (Å²) in [7, 11) is 0. The molecule has 184 valence electrons. The van der Waals surface area contributed by atoms with Gasteiger partial charge in [0.25, 0.3) is 0 Å². The van der Waals surface area contributed by atoms with E-state index in [0.29, 0.717) is 12.3 Å². The fourth-order valence-electron chi connectivity index (χ4n) is 2.25. The molecule has 0 spiro atoms. The van der Waals surface area contributed by atoms with Gasteiger partial charge in [0, 0.05) is 18.7 Å². The second kappa shape index (κ2) is 13.9. The zero-order chi connectivity index (χ0) is 24.1. The molecule has 0 aromatic rings. The Morgan fingerprint density at radius 3 is 1.74 bits per heavy atom. The van der Waals surface area contributed by atoms with E-state index in [2.05, 4.69) is 4.74 Å². The van der Waals surface area contributed by atoms with Crippen molar-refractivity contribution < 1.29 is 54.2 Å². The van der Waals surface area contributed by atoms with Crippen LogP contribution in [0.15, 0.2) is 0 Å². The normalized spacial score (nSPS) is 12.8. The molecule has 4 nitrogen and oxygen atoms in total. The van der Waals surface area contributed by atoms with E-state index in [9.17, 15) is 44.7 Å². The van der Waals surface area contributed by atoms with Gasteiger partial charge in [0.2, 0.25) is 0 Å². The van der Waals surface area contributed by atoms with Gasteiger partial charge in [-0.15, -0.1) is 11.6 Å². The van der Waals surface area contributed by atoms with Crippen molar-refractivity contribution in [2.45, 2.75) is 82.0 Å². The summed E-state index contributed by atoms with van der Waals surface area (Å²) < 4.78 is 111. The number of halogens is 9. The van der Waals surface area contributed by atoms with E-state index in [1.54, 1.807) is 0 Å². The highest BCUT2D eigenvalue weighted by molar-refractivity contribution is 6.17. The average molecular weight is 493 g/mol. The molecule has 0 saturated heterocycles. The lowest BCUT2D eigenvalue weighted by atomic mass is 10.1. The summed E-state index contributed by atoms with van der Waals surface area (Å²) in [6.45, 7) is -2.37. The molecule has 13 heteroatoms. The van der Waals surface area contributed by atoms with Gasteiger partial charge >= 0.3 is 36.1 Å². The van der Waals surface area contributed by atoms with Crippen molar-refractivity contribution >= 4 is 23.5 Å². The summed E-state index contributed by atoms with van der Waals surface area (Å²) in [5.74, 6) is -20.1. The molecule has 0 fully saturated rings. The minimum atomic E-state index is -6.44. The second-order valence-corrected chi connectivity index (χ2v) is 7.13. The first kappa shape index (κ1) is 29.7. The van der Waals surface area contributed by atoms with E-state index >= 15 is 0 Å². The van der Waals surface area contributed by atoms with E-state index < -0.39 is 49.2 Å². The summed E-state index contributed by atoms with van der Waals surface area (Å²) in [4.78, 5) is 22.8. The van der Waals surface area contributed by atoms with Crippen molar-refractivity contribution in [3.05, 3.63) is 0 Å². The Labute approximate surface area is 179 Å². The van der Waals surface area contributed by atoms with Gasteiger partial charge in [0.05, 0.1) is 6.61 Å². The van der Waals surface area contributed by atoms with Gasteiger partial charge in [-0.25, -0.2) is 8.78 Å². The summed E-state index contributed by atoms with van der Waals surface area (Å²) in [5.41, 5.74) is 0. The molecular formula is C18H25ClF8O4. The Hall–Kier alpha value is -1.33. The van der Waals surface area contributed by atoms with Crippen LogP contribution in [0.3, 0.4) is 0 Å². The predicted octanol–water partition coefficient (Wildman–Crippen LogP) is 5.99. The van der Waals surface area contributed by atoms with Crippen LogP contribution in [0.2, 0.25) is 0 Å². The van der Waals surface area contributed by atoms with E-state index in [0.717, 1.165) is 32.1 Å². The largest absolute Gasteiger partial charge is 0.466 e. The lowest BCUT2D eigenvalue weighted by molar-refractivity contribution is -0.344. The third-order valence-corrected chi connectivity index (χ3v) is 4.39. The molecule has 0 aromatic heterocycles. The molecule has 0 radical (unpaired) electrons. The van der Waals surface area contributed by atoms with Gasteiger partial charge in [-0.05, 0) is 19.3 Å². The maximum Gasteiger partial charge on any atom is 0.381 e. The molecule has 0 bridgehead atoms. The van der Waals surface area contributed by atoms with Crippen molar-refractivity contribution in [1.29, 1.82) is 0 Å². The minimum Gasteiger partial charge on any atom is -0.466 e. The van der Waals surface area contributed by atoms with E-state index in [4.69, 9.17) is 16.3 Å². The smallest absolute Gasteiger partial charge is 0.381 e. The van der Waals surface area contributed by atoms with Gasteiger partial charge in [-0.1, -0.05) is 25.7 Å². The first-order valence-corrected chi connectivity index (χ1v) is 10.1. The molecule has 0 N–H and O–H groups in total. The predicted molar refractivity (Wildman–Crippen MR) is 95.0 cm³/mol. The summed E-state index contributed by atoms with van der Waals surface area (Å²) >= 11 is 5.54. The third-order valence-electron chi connectivity index (χ3n) is 4.12. The molecule has 31 heavy (non-hydrogen) atoms. The van der Waals surface area contributed by atoms with E-state index in [1.807, 2.05) is 0 Å². The van der Waals surface area contributed by atoms with Crippen molar-refractivity contribution in [1.82, 2.24) is 0 Å². The highest BCUT2D eigenvalue weighted by atomic mass is 35.5.